The van der Waals surface area contributed by atoms with Gasteiger partial charge in [0.25, 0.3) is 0 Å². The van der Waals surface area contributed by atoms with Gasteiger partial charge in [0.15, 0.2) is 23.1 Å². The van der Waals surface area contributed by atoms with E-state index in [2.05, 4.69) is 176 Å². The summed E-state index contributed by atoms with van der Waals surface area (Å²) in [5, 5.41) is 4.31. The first-order valence-corrected chi connectivity index (χ1v) is 21.8. The van der Waals surface area contributed by atoms with Crippen LogP contribution in [0.15, 0.2) is 235 Å². The standard InChI is InChI=1S/C60H38N4O/c1-4-14-39(15-5-1)40-26-28-41(29-27-40)42-30-32-45(33-31-42)57-62-58(64-59(63-57)53-23-11-10-22-49(53)43-16-6-2-7-17-43)48-34-36-50-47(38-48)21-13-24-51(50)52-25-12-20-44-35-37-54-56(55(44)52)65-60(61-54)46-18-8-3-9-19-46/h1-38H. The molecule has 0 aliphatic rings. The van der Waals surface area contributed by atoms with Crippen molar-refractivity contribution in [2.75, 3.05) is 0 Å². The molecule has 0 atom stereocenters. The Morgan fingerprint density at radius 3 is 1.45 bits per heavy atom. The SMILES string of the molecule is c1ccc(-c2ccc(-c3ccc(-c4nc(-c5ccc6c(-c7cccc8ccc9nc(-c%10ccccc%10)oc9c78)cccc6c5)nc(-c5ccccc5-c5ccccc5)n4)cc3)cc2)cc1. The first-order valence-electron chi connectivity index (χ1n) is 21.8. The molecular weight excluding hydrogens is 793 g/mol. The number of oxazole rings is 1. The van der Waals surface area contributed by atoms with Crippen LogP contribution in [0.2, 0.25) is 0 Å². The predicted molar refractivity (Wildman–Crippen MR) is 266 cm³/mol. The second kappa shape index (κ2) is 16.2. The van der Waals surface area contributed by atoms with E-state index in [1.54, 1.807) is 0 Å². The molecule has 0 aliphatic heterocycles. The van der Waals surface area contributed by atoms with Crippen molar-refractivity contribution in [1.82, 2.24) is 19.9 Å². The van der Waals surface area contributed by atoms with Gasteiger partial charge < -0.3 is 4.42 Å². The van der Waals surface area contributed by atoms with Gasteiger partial charge in [0, 0.05) is 27.6 Å². The van der Waals surface area contributed by atoms with Crippen LogP contribution in [-0.4, -0.2) is 19.9 Å². The van der Waals surface area contributed by atoms with Crippen LogP contribution in [0.25, 0.3) is 123 Å². The molecular formula is C60H38N4O. The Morgan fingerprint density at radius 1 is 0.277 bits per heavy atom. The van der Waals surface area contributed by atoms with Gasteiger partial charge >= 0.3 is 0 Å². The van der Waals surface area contributed by atoms with Crippen LogP contribution in [0, 0.1) is 0 Å². The smallest absolute Gasteiger partial charge is 0.227 e. The van der Waals surface area contributed by atoms with Crippen molar-refractivity contribution in [2.45, 2.75) is 0 Å². The third kappa shape index (κ3) is 7.11. The van der Waals surface area contributed by atoms with Crippen molar-refractivity contribution >= 4 is 32.6 Å². The van der Waals surface area contributed by atoms with Gasteiger partial charge in [-0.15, -0.1) is 0 Å². The zero-order valence-electron chi connectivity index (χ0n) is 35.1. The highest BCUT2D eigenvalue weighted by Crippen LogP contribution is 2.40. The molecule has 0 unspecified atom stereocenters. The number of rotatable bonds is 8. The Bertz CT molecular complexity index is 3680. The minimum Gasteiger partial charge on any atom is -0.435 e. The molecule has 0 aliphatic carbocycles. The molecule has 12 rings (SSSR count). The van der Waals surface area contributed by atoms with Gasteiger partial charge in [-0.3, -0.25) is 0 Å². The van der Waals surface area contributed by atoms with Gasteiger partial charge in [-0.25, -0.2) is 19.9 Å². The lowest BCUT2D eigenvalue weighted by Crippen LogP contribution is -2.01. The normalized spacial score (nSPS) is 11.4. The maximum Gasteiger partial charge on any atom is 0.227 e. The summed E-state index contributed by atoms with van der Waals surface area (Å²) in [5.74, 6) is 2.43. The van der Waals surface area contributed by atoms with Crippen molar-refractivity contribution in [3.8, 4) is 90.1 Å². The van der Waals surface area contributed by atoms with Crippen molar-refractivity contribution < 1.29 is 4.42 Å². The molecule has 5 nitrogen and oxygen atoms in total. The van der Waals surface area contributed by atoms with Crippen molar-refractivity contribution in [3.63, 3.8) is 0 Å². The highest BCUT2D eigenvalue weighted by atomic mass is 16.3. The summed E-state index contributed by atoms with van der Waals surface area (Å²) < 4.78 is 6.57. The fraction of sp³-hybridized carbons (Fsp3) is 0. The van der Waals surface area contributed by atoms with E-state index in [1.165, 1.54) is 11.1 Å². The molecule has 12 aromatic rings. The molecule has 0 bridgehead atoms. The second-order valence-electron chi connectivity index (χ2n) is 16.2. The highest BCUT2D eigenvalue weighted by molar-refractivity contribution is 6.14. The van der Waals surface area contributed by atoms with E-state index in [0.717, 1.165) is 88.3 Å². The van der Waals surface area contributed by atoms with E-state index in [1.807, 2.05) is 54.6 Å². The van der Waals surface area contributed by atoms with E-state index in [-0.39, 0.29) is 0 Å². The Morgan fingerprint density at radius 2 is 0.769 bits per heavy atom. The minimum atomic E-state index is 0.600. The number of hydrogen-bond donors (Lipinski definition) is 0. The number of aromatic nitrogens is 4. The zero-order valence-corrected chi connectivity index (χ0v) is 35.1. The van der Waals surface area contributed by atoms with E-state index < -0.39 is 0 Å². The fourth-order valence-electron chi connectivity index (χ4n) is 8.94. The van der Waals surface area contributed by atoms with Gasteiger partial charge in [-0.2, -0.15) is 0 Å². The van der Waals surface area contributed by atoms with E-state index in [9.17, 15) is 0 Å². The van der Waals surface area contributed by atoms with Crippen molar-refractivity contribution in [3.05, 3.63) is 231 Å². The Balaban J connectivity index is 0.963. The molecule has 0 saturated carbocycles. The molecule has 0 amide bonds. The third-order valence-corrected chi connectivity index (χ3v) is 12.2. The van der Waals surface area contributed by atoms with Gasteiger partial charge in [0.2, 0.25) is 5.89 Å². The van der Waals surface area contributed by atoms with E-state index >= 15 is 0 Å². The Kier molecular flexibility index (Phi) is 9.42. The molecule has 2 aromatic heterocycles. The Labute approximate surface area is 376 Å². The lowest BCUT2D eigenvalue weighted by molar-refractivity contribution is 0.623. The number of benzene rings is 10. The summed E-state index contributed by atoms with van der Waals surface area (Å²) in [5.41, 5.74) is 14.3. The molecule has 10 aromatic carbocycles. The maximum absolute atomic E-state index is 6.57. The molecule has 0 fully saturated rings. The number of nitrogens with zero attached hydrogens (tertiary/aromatic N) is 4. The van der Waals surface area contributed by atoms with Crippen LogP contribution in [0.5, 0.6) is 0 Å². The summed E-state index contributed by atoms with van der Waals surface area (Å²) in [4.78, 5) is 20.5. The van der Waals surface area contributed by atoms with Crippen LogP contribution in [0.3, 0.4) is 0 Å². The Hall–Kier alpha value is -8.80. The first kappa shape index (κ1) is 37.9. The van der Waals surface area contributed by atoms with Gasteiger partial charge in [-0.05, 0) is 84.9 Å². The molecule has 0 radical (unpaired) electrons. The van der Waals surface area contributed by atoms with Crippen LogP contribution in [0.4, 0.5) is 0 Å². The van der Waals surface area contributed by atoms with Crippen LogP contribution < -0.4 is 0 Å². The summed E-state index contributed by atoms with van der Waals surface area (Å²) in [7, 11) is 0. The molecule has 5 heteroatoms. The first-order chi connectivity index (χ1) is 32.2. The van der Waals surface area contributed by atoms with Gasteiger partial charge in [0.05, 0.1) is 0 Å². The van der Waals surface area contributed by atoms with Crippen molar-refractivity contribution in [1.29, 1.82) is 0 Å². The molecule has 65 heavy (non-hydrogen) atoms. The zero-order chi connectivity index (χ0) is 43.1. The average molecular weight is 831 g/mol. The third-order valence-electron chi connectivity index (χ3n) is 12.2. The second-order valence-corrected chi connectivity index (χ2v) is 16.2. The molecule has 304 valence electrons. The topological polar surface area (TPSA) is 64.7 Å². The van der Waals surface area contributed by atoms with E-state index in [4.69, 9.17) is 24.4 Å². The summed E-state index contributed by atoms with van der Waals surface area (Å²) in [6, 6.07) is 80.1. The summed E-state index contributed by atoms with van der Waals surface area (Å²) in [6.45, 7) is 0. The monoisotopic (exact) mass is 830 g/mol. The van der Waals surface area contributed by atoms with Crippen molar-refractivity contribution in [2.24, 2.45) is 0 Å². The highest BCUT2D eigenvalue weighted by Gasteiger charge is 2.19. The molecule has 0 N–H and O–H groups in total. The summed E-state index contributed by atoms with van der Waals surface area (Å²) >= 11 is 0. The maximum atomic E-state index is 6.57. The van der Waals surface area contributed by atoms with Crippen LogP contribution in [0.1, 0.15) is 0 Å². The van der Waals surface area contributed by atoms with Gasteiger partial charge in [0.1, 0.15) is 5.52 Å². The fourth-order valence-corrected chi connectivity index (χ4v) is 8.94. The number of hydrogen-bond acceptors (Lipinski definition) is 5. The minimum absolute atomic E-state index is 0.600. The van der Waals surface area contributed by atoms with Gasteiger partial charge in [-0.1, -0.05) is 206 Å². The van der Waals surface area contributed by atoms with Crippen LogP contribution >= 0.6 is 0 Å². The van der Waals surface area contributed by atoms with Crippen LogP contribution in [-0.2, 0) is 0 Å². The lowest BCUT2D eigenvalue weighted by Gasteiger charge is -2.13. The summed E-state index contributed by atoms with van der Waals surface area (Å²) in [6.07, 6.45) is 0. The van der Waals surface area contributed by atoms with E-state index in [0.29, 0.717) is 23.4 Å². The quantitative estimate of drug-likeness (QED) is 0.153. The molecule has 0 saturated heterocycles. The molecule has 0 spiro atoms. The molecule has 2 heterocycles. The average Bonchev–Trinajstić information content (AvgIpc) is 3.84. The largest absolute Gasteiger partial charge is 0.435 e. The lowest BCUT2D eigenvalue weighted by atomic mass is 9.93. The predicted octanol–water partition coefficient (Wildman–Crippen LogP) is 15.7. The number of fused-ring (bicyclic) bond motifs is 4.